The van der Waals surface area contributed by atoms with Gasteiger partial charge in [-0.3, -0.25) is 0 Å². The molecule has 0 saturated carbocycles. The quantitative estimate of drug-likeness (QED) is 0.785. The Morgan fingerprint density at radius 3 is 2.75 bits per heavy atom. The van der Waals surface area contributed by atoms with E-state index in [1.807, 2.05) is 0 Å². The Morgan fingerprint density at radius 2 is 2.25 bits per heavy atom. The summed E-state index contributed by atoms with van der Waals surface area (Å²) in [5.41, 5.74) is 0.941. The van der Waals surface area contributed by atoms with E-state index in [1.54, 1.807) is 13.0 Å². The maximum absolute atomic E-state index is 11.2. The molecule has 0 aliphatic heterocycles. The first-order valence-electron chi connectivity index (χ1n) is 4.87. The number of carbonyl (C=O) groups is 1. The van der Waals surface area contributed by atoms with Crippen molar-refractivity contribution in [2.24, 2.45) is 0 Å². The van der Waals surface area contributed by atoms with E-state index in [0.717, 1.165) is 0 Å². The summed E-state index contributed by atoms with van der Waals surface area (Å²) in [6.07, 6.45) is 1.96. The molecule has 1 rings (SSSR count). The van der Waals surface area contributed by atoms with Crippen LogP contribution in [-0.4, -0.2) is 18.2 Å². The largest absolute Gasteiger partial charge is 0.870 e. The number of carboxylic acid groups (broad SMARTS) is 1. The first kappa shape index (κ1) is 12.1. The molecular weight excluding hydrogens is 208 g/mol. The van der Waals surface area contributed by atoms with Crippen molar-refractivity contribution in [3.8, 4) is 11.5 Å². The minimum absolute atomic E-state index is 0.215. The summed E-state index contributed by atoms with van der Waals surface area (Å²) in [4.78, 5) is 10.8. The van der Waals surface area contributed by atoms with Crippen LogP contribution in [0.4, 0.5) is 0 Å². The zero-order valence-corrected chi connectivity index (χ0v) is 9.19. The summed E-state index contributed by atoms with van der Waals surface area (Å²) in [6.45, 7) is 1.76. The highest BCUT2D eigenvalue weighted by Gasteiger charge is 2.04. The van der Waals surface area contributed by atoms with Crippen molar-refractivity contribution in [1.82, 2.24) is 0 Å². The van der Waals surface area contributed by atoms with Crippen molar-refractivity contribution in [3.63, 3.8) is 0 Å². The van der Waals surface area contributed by atoms with Crippen LogP contribution in [0.25, 0.3) is 6.08 Å². The van der Waals surface area contributed by atoms with Gasteiger partial charge in [0.1, 0.15) is 5.75 Å². The zero-order chi connectivity index (χ0) is 12.1. The van der Waals surface area contributed by atoms with Crippen molar-refractivity contribution in [1.29, 1.82) is 0 Å². The summed E-state index contributed by atoms with van der Waals surface area (Å²) in [7, 11) is 1.40. The molecule has 4 heteroatoms. The van der Waals surface area contributed by atoms with Crippen LogP contribution < -0.4 is 9.84 Å². The van der Waals surface area contributed by atoms with Crippen LogP contribution in [-0.2, 0) is 4.79 Å². The lowest BCUT2D eigenvalue weighted by molar-refractivity contribution is -0.270. The number of ether oxygens (including phenoxy) is 1. The summed E-state index contributed by atoms with van der Waals surface area (Å²) in [5.74, 6) is -0.949. The lowest BCUT2D eigenvalue weighted by atomic mass is 10.1. The highest BCUT2D eigenvalue weighted by Crippen LogP contribution is 2.25. The topological polar surface area (TPSA) is 69.6 Å². The molecule has 86 valence electrons. The Morgan fingerprint density at radius 1 is 1.56 bits per heavy atom. The first-order chi connectivity index (χ1) is 7.58. The summed E-state index contributed by atoms with van der Waals surface area (Å²) >= 11 is 0. The number of rotatable bonds is 4. The SMILES string of the molecule is CC/C(=C\c1ccc([O-])c(OC)c1)C(=O)O. The molecule has 0 unspecified atom stereocenters. The molecule has 0 spiro atoms. The third kappa shape index (κ3) is 2.76. The second-order valence-electron chi connectivity index (χ2n) is 3.24. The highest BCUT2D eigenvalue weighted by atomic mass is 16.5. The van der Waals surface area contributed by atoms with Gasteiger partial charge in [0.15, 0.2) is 0 Å². The monoisotopic (exact) mass is 221 g/mol. The summed E-state index contributed by atoms with van der Waals surface area (Å²) < 4.78 is 4.87. The van der Waals surface area contributed by atoms with Gasteiger partial charge in [0, 0.05) is 5.57 Å². The maximum Gasteiger partial charge on any atom is 0.331 e. The van der Waals surface area contributed by atoms with E-state index in [-0.39, 0.29) is 11.5 Å². The number of methoxy groups -OCH3 is 1. The minimum Gasteiger partial charge on any atom is -0.870 e. The van der Waals surface area contributed by atoms with Gasteiger partial charge in [-0.1, -0.05) is 24.8 Å². The minimum atomic E-state index is -0.951. The number of hydrogen-bond acceptors (Lipinski definition) is 3. The maximum atomic E-state index is 11.2. The average molecular weight is 221 g/mol. The van der Waals surface area contributed by atoms with E-state index < -0.39 is 5.97 Å². The fourth-order valence-corrected chi connectivity index (χ4v) is 1.29. The van der Waals surface area contributed by atoms with Gasteiger partial charge in [-0.05, 0) is 24.1 Å². The third-order valence-corrected chi connectivity index (χ3v) is 2.18. The van der Waals surface area contributed by atoms with Crippen molar-refractivity contribution in [3.05, 3.63) is 29.3 Å². The van der Waals surface area contributed by atoms with Crippen LogP contribution in [0.2, 0.25) is 0 Å². The van der Waals surface area contributed by atoms with Crippen molar-refractivity contribution in [2.45, 2.75) is 13.3 Å². The molecule has 0 heterocycles. The van der Waals surface area contributed by atoms with Crippen LogP contribution in [0, 0.1) is 0 Å². The Bertz CT molecular complexity index is 421. The third-order valence-electron chi connectivity index (χ3n) is 2.18. The van der Waals surface area contributed by atoms with Gasteiger partial charge >= 0.3 is 5.97 Å². The van der Waals surface area contributed by atoms with Gasteiger partial charge in [0.05, 0.1) is 7.11 Å². The lowest BCUT2D eigenvalue weighted by Gasteiger charge is -2.12. The highest BCUT2D eigenvalue weighted by molar-refractivity contribution is 5.92. The molecule has 16 heavy (non-hydrogen) atoms. The molecule has 1 N–H and O–H groups in total. The Kier molecular flexibility index (Phi) is 3.94. The van der Waals surface area contributed by atoms with Crippen LogP contribution in [0.1, 0.15) is 18.9 Å². The van der Waals surface area contributed by atoms with E-state index >= 15 is 0 Å². The van der Waals surface area contributed by atoms with Crippen LogP contribution >= 0.6 is 0 Å². The molecule has 4 nitrogen and oxygen atoms in total. The Hall–Kier alpha value is -1.97. The standard InChI is InChI=1S/C12H14O4/c1-3-9(12(14)15)6-8-4-5-10(13)11(7-8)16-2/h4-7,13H,3H2,1-2H3,(H,14,15)/p-1/b9-6+. The van der Waals surface area contributed by atoms with Crippen LogP contribution in [0.15, 0.2) is 23.8 Å². The second kappa shape index (κ2) is 5.21. The number of carboxylic acids is 1. The first-order valence-corrected chi connectivity index (χ1v) is 4.87. The number of aliphatic carboxylic acids is 1. The summed E-state index contributed by atoms with van der Waals surface area (Å²) in [5, 5.41) is 20.1. The molecule has 0 aromatic heterocycles. The fourth-order valence-electron chi connectivity index (χ4n) is 1.29. The van der Waals surface area contributed by atoms with E-state index in [9.17, 15) is 9.90 Å². The predicted molar refractivity (Wildman–Crippen MR) is 58.3 cm³/mol. The number of hydrogen-bond donors (Lipinski definition) is 1. The van der Waals surface area contributed by atoms with Crippen molar-refractivity contribution >= 4 is 12.0 Å². The van der Waals surface area contributed by atoms with Gasteiger partial charge in [-0.2, -0.15) is 0 Å². The fraction of sp³-hybridized carbons (Fsp3) is 0.250. The summed E-state index contributed by atoms with van der Waals surface area (Å²) in [6, 6.07) is 4.46. The molecular formula is C12H13O4-. The lowest BCUT2D eigenvalue weighted by Crippen LogP contribution is -1.99. The Balaban J connectivity index is 3.10. The number of benzene rings is 1. The van der Waals surface area contributed by atoms with Crippen LogP contribution in [0.3, 0.4) is 0 Å². The molecule has 0 bridgehead atoms. The smallest absolute Gasteiger partial charge is 0.331 e. The van der Waals surface area contributed by atoms with E-state index in [2.05, 4.69) is 0 Å². The van der Waals surface area contributed by atoms with E-state index in [1.165, 1.54) is 25.3 Å². The zero-order valence-electron chi connectivity index (χ0n) is 9.19. The molecule has 0 radical (unpaired) electrons. The molecule has 0 atom stereocenters. The van der Waals surface area contributed by atoms with Gasteiger partial charge < -0.3 is 14.9 Å². The molecule has 0 aliphatic carbocycles. The van der Waals surface area contributed by atoms with Gasteiger partial charge in [0.25, 0.3) is 0 Å². The van der Waals surface area contributed by atoms with Crippen molar-refractivity contribution in [2.75, 3.05) is 7.11 Å². The molecule has 0 aliphatic rings. The second-order valence-corrected chi connectivity index (χ2v) is 3.24. The van der Waals surface area contributed by atoms with Crippen LogP contribution in [0.5, 0.6) is 11.5 Å². The Labute approximate surface area is 93.8 Å². The van der Waals surface area contributed by atoms with E-state index in [4.69, 9.17) is 9.84 Å². The van der Waals surface area contributed by atoms with Gasteiger partial charge in [-0.25, -0.2) is 4.79 Å². The van der Waals surface area contributed by atoms with E-state index in [0.29, 0.717) is 17.6 Å². The van der Waals surface area contributed by atoms with Gasteiger partial charge in [-0.15, -0.1) is 0 Å². The molecule has 0 amide bonds. The predicted octanol–water partition coefficient (Wildman–Crippen LogP) is 1.65. The average Bonchev–Trinajstić information content (AvgIpc) is 2.27. The van der Waals surface area contributed by atoms with Crippen molar-refractivity contribution < 1.29 is 19.7 Å². The molecule has 1 aromatic carbocycles. The van der Waals surface area contributed by atoms with Gasteiger partial charge in [0.2, 0.25) is 0 Å². The molecule has 0 fully saturated rings. The normalized spacial score (nSPS) is 11.2. The molecule has 1 aromatic rings. The molecule has 0 saturated heterocycles.